The Morgan fingerprint density at radius 1 is 1.03 bits per heavy atom. The van der Waals surface area contributed by atoms with Gasteiger partial charge in [0, 0.05) is 23.5 Å². The van der Waals surface area contributed by atoms with Crippen LogP contribution in [0.5, 0.6) is 0 Å². The first-order valence-corrected chi connectivity index (χ1v) is 11.5. The third-order valence-electron chi connectivity index (χ3n) is 4.54. The normalized spacial score (nSPS) is 14.8. The lowest BCUT2D eigenvalue weighted by Gasteiger charge is -2.15. The van der Waals surface area contributed by atoms with E-state index >= 15 is 0 Å². The number of carbonyl (C=O) groups excluding carboxylic acids is 2. The van der Waals surface area contributed by atoms with Gasteiger partial charge in [-0.1, -0.05) is 23.9 Å². The summed E-state index contributed by atoms with van der Waals surface area (Å²) in [6, 6.07) is 11.1. The molecule has 10 heteroatoms. The number of halogens is 2. The van der Waals surface area contributed by atoms with Gasteiger partial charge in [0.25, 0.3) is 5.76 Å². The molecule has 0 N–H and O–H groups in total. The minimum absolute atomic E-state index is 0.0531. The Morgan fingerprint density at radius 2 is 1.67 bits per heavy atom. The highest BCUT2D eigenvalue weighted by Crippen LogP contribution is 2.29. The molecule has 0 aliphatic carbocycles. The number of Topliss-reactive ketones (excluding diaryl/α,β-unsaturated/α-hetero) is 1. The third-order valence-corrected chi connectivity index (χ3v) is 7.24. The molecule has 2 aromatic rings. The average Bonchev–Trinajstić information content (AvgIpc) is 3.28. The van der Waals surface area contributed by atoms with Gasteiger partial charge in [0.05, 0.1) is 10.5 Å². The standard InChI is InChI=1S/C20H19F2NO5S2/c21-20(22)29-18-6-2-1-5-16(18)19(25)28-13-17(24)14-7-9-15(10-8-14)30(26,27)23-11-3-4-12-23/h1-2,5-10,20H,3-4,11-13H2. The molecule has 160 valence electrons. The number of ether oxygens (including phenoxy) is 1. The van der Waals surface area contributed by atoms with E-state index in [1.54, 1.807) is 0 Å². The Kier molecular flexibility index (Phi) is 7.22. The summed E-state index contributed by atoms with van der Waals surface area (Å²) in [4.78, 5) is 24.6. The van der Waals surface area contributed by atoms with Crippen molar-refractivity contribution in [2.45, 2.75) is 28.4 Å². The number of benzene rings is 2. The quantitative estimate of drug-likeness (QED) is 0.342. The van der Waals surface area contributed by atoms with Crippen LogP contribution in [0.3, 0.4) is 0 Å². The van der Waals surface area contributed by atoms with E-state index in [1.165, 1.54) is 52.8 Å². The number of alkyl halides is 2. The molecule has 1 fully saturated rings. The van der Waals surface area contributed by atoms with Crippen LogP contribution in [0.15, 0.2) is 58.3 Å². The van der Waals surface area contributed by atoms with Crippen molar-refractivity contribution < 1.29 is 31.5 Å². The van der Waals surface area contributed by atoms with Crippen molar-refractivity contribution in [3.05, 3.63) is 59.7 Å². The molecule has 1 aliphatic heterocycles. The van der Waals surface area contributed by atoms with E-state index in [-0.39, 0.29) is 32.7 Å². The predicted octanol–water partition coefficient (Wildman–Crippen LogP) is 3.83. The topological polar surface area (TPSA) is 80.8 Å². The van der Waals surface area contributed by atoms with Crippen LogP contribution in [-0.4, -0.2) is 49.9 Å². The van der Waals surface area contributed by atoms with E-state index in [9.17, 15) is 26.8 Å². The van der Waals surface area contributed by atoms with Gasteiger partial charge >= 0.3 is 5.97 Å². The molecule has 0 atom stereocenters. The highest BCUT2D eigenvalue weighted by molar-refractivity contribution is 7.99. The molecular formula is C20H19F2NO5S2. The molecule has 3 rings (SSSR count). The Bertz CT molecular complexity index is 1020. The molecule has 6 nitrogen and oxygen atoms in total. The van der Waals surface area contributed by atoms with E-state index in [1.807, 2.05) is 0 Å². The Labute approximate surface area is 177 Å². The average molecular weight is 456 g/mol. The molecule has 0 radical (unpaired) electrons. The smallest absolute Gasteiger partial charge is 0.339 e. The molecule has 30 heavy (non-hydrogen) atoms. The maximum Gasteiger partial charge on any atom is 0.339 e. The molecular weight excluding hydrogens is 436 g/mol. The fourth-order valence-electron chi connectivity index (χ4n) is 3.02. The molecule has 0 saturated carbocycles. The number of hydrogen-bond donors (Lipinski definition) is 0. The van der Waals surface area contributed by atoms with Crippen LogP contribution in [-0.2, 0) is 14.8 Å². The lowest BCUT2D eigenvalue weighted by atomic mass is 10.1. The van der Waals surface area contributed by atoms with Gasteiger partial charge in [-0.05, 0) is 49.2 Å². The van der Waals surface area contributed by atoms with Gasteiger partial charge in [-0.15, -0.1) is 0 Å². The number of nitrogens with zero attached hydrogens (tertiary/aromatic N) is 1. The molecule has 2 aromatic carbocycles. The minimum atomic E-state index is -3.58. The minimum Gasteiger partial charge on any atom is -0.454 e. The fourth-order valence-corrected chi connectivity index (χ4v) is 5.16. The number of thioether (sulfide) groups is 1. The SMILES string of the molecule is O=C(COC(=O)c1ccccc1SC(F)F)c1ccc(S(=O)(=O)N2CCCC2)cc1. The van der Waals surface area contributed by atoms with Gasteiger partial charge in [-0.3, -0.25) is 4.79 Å². The van der Waals surface area contributed by atoms with Crippen LogP contribution in [0.1, 0.15) is 33.6 Å². The van der Waals surface area contributed by atoms with E-state index in [0.717, 1.165) is 12.8 Å². The number of sulfonamides is 1. The van der Waals surface area contributed by atoms with Crippen molar-refractivity contribution in [2.24, 2.45) is 0 Å². The van der Waals surface area contributed by atoms with Crippen LogP contribution in [0, 0.1) is 0 Å². The van der Waals surface area contributed by atoms with Crippen LogP contribution < -0.4 is 0 Å². The van der Waals surface area contributed by atoms with Gasteiger partial charge in [-0.25, -0.2) is 13.2 Å². The summed E-state index contributed by atoms with van der Waals surface area (Å²) in [6.07, 6.45) is 1.64. The molecule has 1 heterocycles. The van der Waals surface area contributed by atoms with E-state index in [2.05, 4.69) is 0 Å². The highest BCUT2D eigenvalue weighted by Gasteiger charge is 2.27. The molecule has 0 unspecified atom stereocenters. The molecule has 0 aromatic heterocycles. The first-order chi connectivity index (χ1) is 14.3. The number of hydrogen-bond acceptors (Lipinski definition) is 6. The fraction of sp³-hybridized carbons (Fsp3) is 0.300. The second-order valence-corrected chi connectivity index (χ2v) is 9.48. The summed E-state index contributed by atoms with van der Waals surface area (Å²) >= 11 is 0.218. The number of rotatable bonds is 8. The van der Waals surface area contributed by atoms with Crippen molar-refractivity contribution in [3.8, 4) is 0 Å². The second kappa shape index (κ2) is 9.67. The van der Waals surface area contributed by atoms with Crippen molar-refractivity contribution in [3.63, 3.8) is 0 Å². The van der Waals surface area contributed by atoms with Crippen molar-refractivity contribution >= 4 is 33.5 Å². The van der Waals surface area contributed by atoms with E-state index in [0.29, 0.717) is 13.1 Å². The van der Waals surface area contributed by atoms with Crippen molar-refractivity contribution in [2.75, 3.05) is 19.7 Å². The summed E-state index contributed by atoms with van der Waals surface area (Å²) < 4.78 is 56.7. The predicted molar refractivity (Wildman–Crippen MR) is 107 cm³/mol. The zero-order valence-electron chi connectivity index (χ0n) is 15.8. The third kappa shape index (κ3) is 5.24. The Balaban J connectivity index is 1.64. The zero-order chi connectivity index (χ0) is 21.7. The summed E-state index contributed by atoms with van der Waals surface area (Å²) in [5.41, 5.74) is 0.126. The molecule has 0 amide bonds. The number of carbonyl (C=O) groups is 2. The molecule has 1 aliphatic rings. The largest absolute Gasteiger partial charge is 0.454 e. The molecule has 0 spiro atoms. The van der Waals surface area contributed by atoms with Crippen LogP contribution in [0.25, 0.3) is 0 Å². The maximum atomic E-state index is 12.6. The van der Waals surface area contributed by atoms with Crippen molar-refractivity contribution in [1.82, 2.24) is 4.31 Å². The first-order valence-electron chi connectivity index (χ1n) is 9.13. The monoisotopic (exact) mass is 455 g/mol. The van der Waals surface area contributed by atoms with Crippen LogP contribution in [0.2, 0.25) is 0 Å². The van der Waals surface area contributed by atoms with E-state index in [4.69, 9.17) is 4.74 Å². The lowest BCUT2D eigenvalue weighted by Crippen LogP contribution is -2.27. The second-order valence-electron chi connectivity index (χ2n) is 6.51. The zero-order valence-corrected chi connectivity index (χ0v) is 17.4. The number of esters is 1. The first kappa shape index (κ1) is 22.4. The maximum absolute atomic E-state index is 12.6. The lowest BCUT2D eigenvalue weighted by molar-refractivity contribution is 0.0471. The summed E-state index contributed by atoms with van der Waals surface area (Å²) in [7, 11) is -3.58. The summed E-state index contributed by atoms with van der Waals surface area (Å²) in [5, 5.41) is 0. The van der Waals surface area contributed by atoms with E-state index < -0.39 is 34.1 Å². The number of ketones is 1. The van der Waals surface area contributed by atoms with Gasteiger partial charge in [0.1, 0.15) is 0 Å². The van der Waals surface area contributed by atoms with Crippen molar-refractivity contribution in [1.29, 1.82) is 0 Å². The van der Waals surface area contributed by atoms with Gasteiger partial charge in [0.15, 0.2) is 12.4 Å². The molecule has 0 bridgehead atoms. The van der Waals surface area contributed by atoms with Gasteiger partial charge in [-0.2, -0.15) is 13.1 Å². The van der Waals surface area contributed by atoms with Crippen LogP contribution >= 0.6 is 11.8 Å². The summed E-state index contributed by atoms with van der Waals surface area (Å²) in [6.45, 7) is 0.360. The van der Waals surface area contributed by atoms with Crippen LogP contribution in [0.4, 0.5) is 8.78 Å². The van der Waals surface area contributed by atoms with Gasteiger partial charge < -0.3 is 4.74 Å². The summed E-state index contributed by atoms with van der Waals surface area (Å²) in [5.74, 6) is -4.12. The van der Waals surface area contributed by atoms with Gasteiger partial charge in [0.2, 0.25) is 10.0 Å². The molecule has 1 saturated heterocycles. The Hall–Kier alpha value is -2.30. The Morgan fingerprint density at radius 3 is 2.30 bits per heavy atom. The highest BCUT2D eigenvalue weighted by atomic mass is 32.2.